The van der Waals surface area contributed by atoms with Gasteiger partial charge in [-0.2, -0.15) is 0 Å². The molecule has 1 amide bonds. The summed E-state index contributed by atoms with van der Waals surface area (Å²) in [6, 6.07) is 18.4. The van der Waals surface area contributed by atoms with Crippen molar-refractivity contribution in [3.8, 4) is 0 Å². The molecule has 1 atom stereocenters. The van der Waals surface area contributed by atoms with Crippen LogP contribution in [0.1, 0.15) is 43.5 Å². The van der Waals surface area contributed by atoms with E-state index in [9.17, 15) is 4.79 Å². The van der Waals surface area contributed by atoms with E-state index < -0.39 is 5.60 Å². The van der Waals surface area contributed by atoms with Crippen molar-refractivity contribution in [2.45, 2.75) is 38.8 Å². The number of hydrogen-bond donors (Lipinski definition) is 0. The Labute approximate surface area is 137 Å². The van der Waals surface area contributed by atoms with E-state index in [1.807, 2.05) is 49.9 Å². The topological polar surface area (TPSA) is 29.5 Å². The van der Waals surface area contributed by atoms with Crippen LogP contribution in [-0.2, 0) is 11.2 Å². The Morgan fingerprint density at radius 3 is 2.39 bits per heavy atom. The predicted octanol–water partition coefficient (Wildman–Crippen LogP) is 4.57. The molecule has 3 heteroatoms. The van der Waals surface area contributed by atoms with Crippen molar-refractivity contribution in [2.75, 3.05) is 6.54 Å². The van der Waals surface area contributed by atoms with Crippen molar-refractivity contribution in [2.24, 2.45) is 0 Å². The van der Waals surface area contributed by atoms with Crippen molar-refractivity contribution < 1.29 is 9.53 Å². The highest BCUT2D eigenvalue weighted by Crippen LogP contribution is 2.35. The Bertz CT molecular complexity index is 688. The van der Waals surface area contributed by atoms with Crippen LogP contribution in [0, 0.1) is 0 Å². The van der Waals surface area contributed by atoms with Gasteiger partial charge in [0.1, 0.15) is 5.60 Å². The van der Waals surface area contributed by atoms with E-state index in [1.54, 1.807) is 0 Å². The number of benzene rings is 2. The molecule has 23 heavy (non-hydrogen) atoms. The first-order valence-corrected chi connectivity index (χ1v) is 8.08. The van der Waals surface area contributed by atoms with Crippen molar-refractivity contribution in [1.29, 1.82) is 0 Å². The predicted molar refractivity (Wildman–Crippen MR) is 91.4 cm³/mol. The minimum atomic E-state index is -0.491. The molecular formula is C20H23NO2. The quantitative estimate of drug-likeness (QED) is 0.772. The fraction of sp³-hybridized carbons (Fsp3) is 0.350. The van der Waals surface area contributed by atoms with Gasteiger partial charge >= 0.3 is 6.09 Å². The Hall–Kier alpha value is -2.29. The van der Waals surface area contributed by atoms with E-state index in [0.717, 1.165) is 12.0 Å². The molecule has 0 aliphatic carbocycles. The molecule has 0 bridgehead atoms. The summed E-state index contributed by atoms with van der Waals surface area (Å²) < 4.78 is 5.63. The van der Waals surface area contributed by atoms with Gasteiger partial charge in [-0.15, -0.1) is 0 Å². The Kier molecular flexibility index (Phi) is 4.12. The molecule has 0 aromatic heterocycles. The fourth-order valence-electron chi connectivity index (χ4n) is 3.08. The zero-order chi connectivity index (χ0) is 16.4. The smallest absolute Gasteiger partial charge is 0.411 e. The van der Waals surface area contributed by atoms with Gasteiger partial charge in [-0.1, -0.05) is 54.6 Å². The van der Waals surface area contributed by atoms with Crippen LogP contribution in [0.5, 0.6) is 0 Å². The molecule has 0 saturated heterocycles. The third-order valence-corrected chi connectivity index (χ3v) is 4.03. The van der Waals surface area contributed by atoms with Gasteiger partial charge in [0.05, 0.1) is 6.04 Å². The lowest BCUT2D eigenvalue weighted by molar-refractivity contribution is 0.0178. The average Bonchev–Trinajstić information content (AvgIpc) is 2.53. The third-order valence-electron chi connectivity index (χ3n) is 4.03. The highest BCUT2D eigenvalue weighted by Gasteiger charge is 2.34. The van der Waals surface area contributed by atoms with E-state index in [4.69, 9.17) is 4.74 Å². The van der Waals surface area contributed by atoms with Gasteiger partial charge in [-0.05, 0) is 43.9 Å². The molecule has 1 aliphatic heterocycles. The van der Waals surface area contributed by atoms with Crippen molar-refractivity contribution >= 4 is 6.09 Å². The molecule has 2 aromatic rings. The summed E-state index contributed by atoms with van der Waals surface area (Å²) in [7, 11) is 0. The van der Waals surface area contributed by atoms with Gasteiger partial charge in [0.15, 0.2) is 0 Å². The fourth-order valence-corrected chi connectivity index (χ4v) is 3.08. The van der Waals surface area contributed by atoms with Crippen LogP contribution in [0.15, 0.2) is 54.6 Å². The molecule has 2 aromatic carbocycles. The van der Waals surface area contributed by atoms with Gasteiger partial charge in [0, 0.05) is 6.54 Å². The number of rotatable bonds is 1. The maximum Gasteiger partial charge on any atom is 0.411 e. The van der Waals surface area contributed by atoms with Crippen LogP contribution in [0.4, 0.5) is 4.79 Å². The standard InChI is InChI=1S/C20H23NO2/c1-20(2,3)23-19(22)21-14-13-15-9-7-8-12-17(15)18(21)16-10-5-4-6-11-16/h4-12,18H,13-14H2,1-3H3/t18-/m0/s1. The zero-order valence-electron chi connectivity index (χ0n) is 14.0. The van der Waals surface area contributed by atoms with Crippen molar-refractivity contribution in [3.05, 3.63) is 71.3 Å². The Morgan fingerprint density at radius 1 is 1.04 bits per heavy atom. The highest BCUT2D eigenvalue weighted by atomic mass is 16.6. The maximum atomic E-state index is 12.7. The van der Waals surface area contributed by atoms with E-state index >= 15 is 0 Å². The Morgan fingerprint density at radius 2 is 1.70 bits per heavy atom. The van der Waals surface area contributed by atoms with Gasteiger partial charge in [-0.3, -0.25) is 4.90 Å². The van der Waals surface area contributed by atoms with Crippen LogP contribution in [0.3, 0.4) is 0 Å². The Balaban J connectivity index is 2.01. The second-order valence-corrected chi connectivity index (χ2v) is 6.94. The third kappa shape index (κ3) is 3.39. The van der Waals surface area contributed by atoms with Crippen LogP contribution >= 0.6 is 0 Å². The first kappa shape index (κ1) is 15.6. The molecule has 3 rings (SSSR count). The molecule has 120 valence electrons. The second kappa shape index (κ2) is 6.07. The van der Waals surface area contributed by atoms with E-state index in [1.165, 1.54) is 11.1 Å². The second-order valence-electron chi connectivity index (χ2n) is 6.94. The number of carbonyl (C=O) groups is 1. The summed E-state index contributed by atoms with van der Waals surface area (Å²) in [6.07, 6.45) is 0.611. The molecule has 0 N–H and O–H groups in total. The van der Waals surface area contributed by atoms with E-state index in [0.29, 0.717) is 6.54 Å². The zero-order valence-corrected chi connectivity index (χ0v) is 14.0. The lowest BCUT2D eigenvalue weighted by atomic mass is 9.88. The first-order valence-electron chi connectivity index (χ1n) is 8.08. The monoisotopic (exact) mass is 309 g/mol. The van der Waals surface area contributed by atoms with Crippen LogP contribution in [-0.4, -0.2) is 23.1 Å². The molecule has 0 spiro atoms. The van der Waals surface area contributed by atoms with Crippen molar-refractivity contribution in [3.63, 3.8) is 0 Å². The molecule has 0 radical (unpaired) electrons. The van der Waals surface area contributed by atoms with E-state index in [2.05, 4.69) is 30.3 Å². The number of nitrogens with zero attached hydrogens (tertiary/aromatic N) is 1. The number of hydrogen-bond acceptors (Lipinski definition) is 2. The summed E-state index contributed by atoms with van der Waals surface area (Å²) in [5.41, 5.74) is 3.12. The minimum absolute atomic E-state index is 0.0870. The van der Waals surface area contributed by atoms with E-state index in [-0.39, 0.29) is 12.1 Å². The molecular weight excluding hydrogens is 286 g/mol. The molecule has 1 aliphatic rings. The normalized spacial score (nSPS) is 17.5. The SMILES string of the molecule is CC(C)(C)OC(=O)N1CCc2ccccc2[C@@H]1c1ccccc1. The molecule has 3 nitrogen and oxygen atoms in total. The molecule has 0 saturated carbocycles. The highest BCUT2D eigenvalue weighted by molar-refractivity contribution is 5.70. The van der Waals surface area contributed by atoms with Gasteiger partial charge < -0.3 is 4.74 Å². The lowest BCUT2D eigenvalue weighted by Crippen LogP contribution is -2.43. The lowest BCUT2D eigenvalue weighted by Gasteiger charge is -2.38. The summed E-state index contributed by atoms with van der Waals surface area (Å²) in [4.78, 5) is 14.6. The number of ether oxygens (including phenoxy) is 1. The molecule has 0 fully saturated rings. The van der Waals surface area contributed by atoms with Crippen molar-refractivity contribution in [1.82, 2.24) is 4.90 Å². The largest absolute Gasteiger partial charge is 0.444 e. The maximum absolute atomic E-state index is 12.7. The van der Waals surface area contributed by atoms with Gasteiger partial charge in [0.2, 0.25) is 0 Å². The summed E-state index contributed by atoms with van der Waals surface area (Å²) in [5.74, 6) is 0. The minimum Gasteiger partial charge on any atom is -0.444 e. The van der Waals surface area contributed by atoms with Crippen LogP contribution < -0.4 is 0 Å². The summed E-state index contributed by atoms with van der Waals surface area (Å²) in [5, 5.41) is 0. The average molecular weight is 309 g/mol. The molecule has 0 unspecified atom stereocenters. The number of fused-ring (bicyclic) bond motifs is 1. The summed E-state index contributed by atoms with van der Waals surface area (Å²) in [6.45, 7) is 6.38. The van der Waals surface area contributed by atoms with Crippen LogP contribution in [0.2, 0.25) is 0 Å². The number of amides is 1. The molecule has 1 heterocycles. The van der Waals surface area contributed by atoms with Gasteiger partial charge in [-0.25, -0.2) is 4.79 Å². The van der Waals surface area contributed by atoms with Gasteiger partial charge in [0.25, 0.3) is 0 Å². The summed E-state index contributed by atoms with van der Waals surface area (Å²) >= 11 is 0. The number of carbonyl (C=O) groups excluding carboxylic acids is 1. The van der Waals surface area contributed by atoms with Crippen LogP contribution in [0.25, 0.3) is 0 Å². The first-order chi connectivity index (χ1) is 11.0.